The molecule has 0 radical (unpaired) electrons. The molecule has 3 aromatic heterocycles. The minimum Gasteiger partial charge on any atom is -0.353 e. The van der Waals surface area contributed by atoms with E-state index in [1.807, 2.05) is 18.3 Å². The molecule has 9 heteroatoms. The van der Waals surface area contributed by atoms with E-state index in [0.717, 1.165) is 24.4 Å². The number of anilines is 1. The molecule has 25 heavy (non-hydrogen) atoms. The predicted molar refractivity (Wildman–Crippen MR) is 95.3 cm³/mol. The fourth-order valence-electron chi connectivity index (χ4n) is 2.86. The summed E-state index contributed by atoms with van der Waals surface area (Å²) in [7, 11) is 0. The maximum Gasteiger partial charge on any atom is 0.270 e. The first-order valence-electron chi connectivity index (χ1n) is 7.77. The van der Waals surface area contributed by atoms with Gasteiger partial charge in [-0.25, -0.2) is 14.5 Å². The Morgan fingerprint density at radius 3 is 2.96 bits per heavy atom. The molecule has 1 aliphatic rings. The number of imidazole rings is 1. The molecule has 3 aromatic rings. The van der Waals surface area contributed by atoms with Gasteiger partial charge in [0.05, 0.1) is 10.0 Å². The third-order valence-electron chi connectivity index (χ3n) is 4.13. The van der Waals surface area contributed by atoms with Gasteiger partial charge in [0.25, 0.3) is 5.91 Å². The number of fused-ring (bicyclic) bond motifs is 1. The highest BCUT2D eigenvalue weighted by molar-refractivity contribution is 6.42. The molecule has 1 fully saturated rings. The zero-order chi connectivity index (χ0) is 17.4. The van der Waals surface area contributed by atoms with Crippen molar-refractivity contribution in [2.45, 2.75) is 12.5 Å². The van der Waals surface area contributed by atoms with Crippen LogP contribution in [0.4, 0.5) is 5.82 Å². The second-order valence-electron chi connectivity index (χ2n) is 5.81. The third-order valence-corrected chi connectivity index (χ3v) is 4.84. The first-order valence-corrected chi connectivity index (χ1v) is 8.53. The zero-order valence-electron chi connectivity index (χ0n) is 13.1. The van der Waals surface area contributed by atoms with E-state index in [2.05, 4.69) is 25.3 Å². The van der Waals surface area contributed by atoms with E-state index in [4.69, 9.17) is 23.2 Å². The molecule has 1 N–H and O–H groups in total. The number of hydrogen-bond donors (Lipinski definition) is 1. The molecule has 0 aliphatic carbocycles. The maximum atomic E-state index is 12.3. The number of nitrogens with one attached hydrogen (secondary N) is 1. The number of rotatable bonds is 3. The normalized spacial score (nSPS) is 17.2. The van der Waals surface area contributed by atoms with Gasteiger partial charge in [-0.15, -0.1) is 5.10 Å². The van der Waals surface area contributed by atoms with E-state index in [9.17, 15) is 4.79 Å². The Bertz CT molecular complexity index is 943. The topological polar surface area (TPSA) is 75.4 Å². The molecule has 1 saturated heterocycles. The Balaban J connectivity index is 1.43. The number of carbonyl (C=O) groups is 1. The van der Waals surface area contributed by atoms with Gasteiger partial charge in [0.2, 0.25) is 0 Å². The molecule has 0 aromatic carbocycles. The fourth-order valence-corrected chi connectivity index (χ4v) is 3.11. The standard InChI is InChI=1S/C16H14Cl2N6O/c17-11-7-13(20-8-12(11)18)16(25)21-10-3-5-23(9-10)15-2-1-14-19-4-6-24(14)22-15/h1-2,4,6-8,10H,3,5,9H2,(H,21,25)/t10-/m0/s1. The number of amides is 1. The van der Waals surface area contributed by atoms with Gasteiger partial charge in [-0.3, -0.25) is 4.79 Å². The van der Waals surface area contributed by atoms with Crippen LogP contribution < -0.4 is 10.2 Å². The first kappa shape index (κ1) is 16.1. The Labute approximate surface area is 153 Å². The van der Waals surface area contributed by atoms with Crippen molar-refractivity contribution in [1.82, 2.24) is 24.9 Å². The summed E-state index contributed by atoms with van der Waals surface area (Å²) in [6, 6.07) is 5.35. The van der Waals surface area contributed by atoms with Gasteiger partial charge < -0.3 is 10.2 Å². The highest BCUT2D eigenvalue weighted by Crippen LogP contribution is 2.22. The molecule has 1 aliphatic heterocycles. The van der Waals surface area contributed by atoms with Gasteiger partial charge in [0, 0.05) is 37.7 Å². The monoisotopic (exact) mass is 376 g/mol. The fraction of sp³-hybridized carbons (Fsp3) is 0.250. The SMILES string of the molecule is O=C(N[C@H]1CCN(c2ccc3nccn3n2)C1)c1cc(Cl)c(Cl)cn1. The van der Waals surface area contributed by atoms with Crippen LogP contribution in [0.5, 0.6) is 0 Å². The molecule has 0 unspecified atom stereocenters. The van der Waals surface area contributed by atoms with Crippen molar-refractivity contribution in [1.29, 1.82) is 0 Å². The molecule has 0 spiro atoms. The number of halogens is 2. The smallest absolute Gasteiger partial charge is 0.270 e. The minimum atomic E-state index is -0.261. The molecular weight excluding hydrogens is 363 g/mol. The van der Waals surface area contributed by atoms with Gasteiger partial charge >= 0.3 is 0 Å². The van der Waals surface area contributed by atoms with Crippen molar-refractivity contribution < 1.29 is 4.79 Å². The number of nitrogens with zero attached hydrogens (tertiary/aromatic N) is 5. The van der Waals surface area contributed by atoms with Crippen LogP contribution in [0.1, 0.15) is 16.9 Å². The van der Waals surface area contributed by atoms with Crippen LogP contribution in [0.15, 0.2) is 36.8 Å². The molecule has 1 atom stereocenters. The van der Waals surface area contributed by atoms with Crippen LogP contribution in [-0.2, 0) is 0 Å². The van der Waals surface area contributed by atoms with Gasteiger partial charge in [0.15, 0.2) is 5.65 Å². The first-order chi connectivity index (χ1) is 12.1. The average molecular weight is 377 g/mol. The lowest BCUT2D eigenvalue weighted by Crippen LogP contribution is -2.37. The molecule has 0 saturated carbocycles. The summed E-state index contributed by atoms with van der Waals surface area (Å²) >= 11 is 11.8. The van der Waals surface area contributed by atoms with E-state index in [1.165, 1.54) is 12.3 Å². The second kappa shape index (κ2) is 6.50. The second-order valence-corrected chi connectivity index (χ2v) is 6.62. The molecule has 1 amide bonds. The third kappa shape index (κ3) is 3.25. The summed E-state index contributed by atoms with van der Waals surface area (Å²) in [6.45, 7) is 1.49. The predicted octanol–water partition coefficient (Wildman–Crippen LogP) is 2.44. The van der Waals surface area contributed by atoms with Gasteiger partial charge in [-0.2, -0.15) is 0 Å². The Kier molecular flexibility index (Phi) is 4.19. The van der Waals surface area contributed by atoms with Crippen molar-refractivity contribution in [2.75, 3.05) is 18.0 Å². The summed E-state index contributed by atoms with van der Waals surface area (Å²) in [5.74, 6) is 0.596. The van der Waals surface area contributed by atoms with Crippen molar-refractivity contribution in [3.8, 4) is 0 Å². The number of aromatic nitrogens is 4. The lowest BCUT2D eigenvalue weighted by atomic mass is 10.2. The van der Waals surface area contributed by atoms with E-state index in [-0.39, 0.29) is 17.6 Å². The van der Waals surface area contributed by atoms with Crippen LogP contribution in [-0.4, -0.2) is 44.6 Å². The van der Waals surface area contributed by atoms with Crippen molar-refractivity contribution in [3.63, 3.8) is 0 Å². The number of hydrogen-bond acceptors (Lipinski definition) is 5. The summed E-state index contributed by atoms with van der Waals surface area (Å²) in [5.41, 5.74) is 1.06. The quantitative estimate of drug-likeness (QED) is 0.759. The van der Waals surface area contributed by atoms with Crippen LogP contribution in [0.25, 0.3) is 5.65 Å². The Hall–Kier alpha value is -2.38. The number of pyridine rings is 1. The van der Waals surface area contributed by atoms with Crippen LogP contribution in [0, 0.1) is 0 Å². The summed E-state index contributed by atoms with van der Waals surface area (Å²) < 4.78 is 1.74. The number of carbonyl (C=O) groups excluding carboxylic acids is 1. The minimum absolute atomic E-state index is 0.0176. The largest absolute Gasteiger partial charge is 0.353 e. The molecule has 4 heterocycles. The van der Waals surface area contributed by atoms with E-state index in [1.54, 1.807) is 10.7 Å². The van der Waals surface area contributed by atoms with Crippen LogP contribution in [0.2, 0.25) is 10.0 Å². The molecule has 4 rings (SSSR count). The Morgan fingerprint density at radius 2 is 2.12 bits per heavy atom. The van der Waals surface area contributed by atoms with E-state index in [0.29, 0.717) is 16.6 Å². The molecular formula is C16H14Cl2N6O. The van der Waals surface area contributed by atoms with Crippen LogP contribution >= 0.6 is 23.2 Å². The van der Waals surface area contributed by atoms with Gasteiger partial charge in [-0.05, 0) is 24.6 Å². The highest BCUT2D eigenvalue weighted by Gasteiger charge is 2.26. The molecule has 7 nitrogen and oxygen atoms in total. The van der Waals surface area contributed by atoms with Crippen molar-refractivity contribution in [3.05, 3.63) is 52.5 Å². The van der Waals surface area contributed by atoms with Crippen molar-refractivity contribution >= 4 is 40.6 Å². The Morgan fingerprint density at radius 1 is 1.24 bits per heavy atom. The average Bonchev–Trinajstić information content (AvgIpc) is 3.25. The highest BCUT2D eigenvalue weighted by atomic mass is 35.5. The summed E-state index contributed by atoms with van der Waals surface area (Å²) in [6.07, 6.45) is 5.73. The van der Waals surface area contributed by atoms with Gasteiger partial charge in [0.1, 0.15) is 11.5 Å². The maximum absolute atomic E-state index is 12.3. The molecule has 128 valence electrons. The molecule has 0 bridgehead atoms. The summed E-state index contributed by atoms with van der Waals surface area (Å²) in [5, 5.41) is 8.15. The van der Waals surface area contributed by atoms with Crippen LogP contribution in [0.3, 0.4) is 0 Å². The van der Waals surface area contributed by atoms with Crippen molar-refractivity contribution in [2.24, 2.45) is 0 Å². The van der Waals surface area contributed by atoms with Gasteiger partial charge in [-0.1, -0.05) is 23.2 Å². The lowest BCUT2D eigenvalue weighted by molar-refractivity contribution is 0.0935. The summed E-state index contributed by atoms with van der Waals surface area (Å²) in [4.78, 5) is 22.7. The van der Waals surface area contributed by atoms with E-state index < -0.39 is 0 Å². The zero-order valence-corrected chi connectivity index (χ0v) is 14.6. The van der Waals surface area contributed by atoms with E-state index >= 15 is 0 Å². The lowest BCUT2D eigenvalue weighted by Gasteiger charge is -2.17.